The Hall–Kier alpha value is -0.860. The highest BCUT2D eigenvalue weighted by Crippen LogP contribution is 2.24. The quantitative estimate of drug-likeness (QED) is 0.791. The first-order chi connectivity index (χ1) is 6.81. The molecule has 2 heteroatoms. The molecule has 1 aliphatic rings. The minimum absolute atomic E-state index is 0.0194. The van der Waals surface area contributed by atoms with Gasteiger partial charge in [0.1, 0.15) is 0 Å². The van der Waals surface area contributed by atoms with E-state index in [4.69, 9.17) is 10.5 Å². The lowest BCUT2D eigenvalue weighted by Crippen LogP contribution is -2.16. The van der Waals surface area contributed by atoms with Gasteiger partial charge in [-0.2, -0.15) is 0 Å². The van der Waals surface area contributed by atoms with Crippen molar-refractivity contribution in [2.45, 2.75) is 25.3 Å². The fourth-order valence-corrected chi connectivity index (χ4v) is 2.10. The molecule has 0 bridgehead atoms. The molecule has 0 aromatic heterocycles. The van der Waals surface area contributed by atoms with Gasteiger partial charge in [-0.25, -0.2) is 0 Å². The summed E-state index contributed by atoms with van der Waals surface area (Å²) < 4.78 is 5.05. The monoisotopic (exact) mass is 191 g/mol. The number of hydrogen-bond acceptors (Lipinski definition) is 2. The minimum Gasteiger partial charge on any atom is -0.383 e. The molecular weight excluding hydrogens is 174 g/mol. The molecule has 76 valence electrons. The van der Waals surface area contributed by atoms with E-state index in [0.717, 1.165) is 0 Å². The van der Waals surface area contributed by atoms with Crippen molar-refractivity contribution < 1.29 is 4.74 Å². The molecule has 1 atom stereocenters. The van der Waals surface area contributed by atoms with E-state index in [1.165, 1.54) is 36.0 Å². The van der Waals surface area contributed by atoms with Gasteiger partial charge in [0.05, 0.1) is 12.6 Å². The van der Waals surface area contributed by atoms with Crippen molar-refractivity contribution >= 4 is 0 Å². The van der Waals surface area contributed by atoms with Crippen LogP contribution in [0.4, 0.5) is 0 Å². The number of rotatable bonds is 3. The average molecular weight is 191 g/mol. The highest BCUT2D eigenvalue weighted by atomic mass is 16.5. The standard InChI is InChI=1S/C12H17NO/c1-14-8-12(13)11-6-5-9-3-2-4-10(9)7-11/h5-7,12H,2-4,8,13H2,1H3/t12-/m0/s1. The van der Waals surface area contributed by atoms with Gasteiger partial charge in [0.15, 0.2) is 0 Å². The average Bonchev–Trinajstić information content (AvgIpc) is 2.64. The Morgan fingerprint density at radius 1 is 1.36 bits per heavy atom. The van der Waals surface area contributed by atoms with Crippen molar-refractivity contribution in [3.63, 3.8) is 0 Å². The van der Waals surface area contributed by atoms with E-state index in [-0.39, 0.29) is 6.04 Å². The van der Waals surface area contributed by atoms with Gasteiger partial charge in [-0.05, 0) is 36.0 Å². The van der Waals surface area contributed by atoms with Crippen molar-refractivity contribution in [2.24, 2.45) is 5.73 Å². The smallest absolute Gasteiger partial charge is 0.0655 e. The first-order valence-corrected chi connectivity index (χ1v) is 5.17. The molecule has 0 heterocycles. The summed E-state index contributed by atoms with van der Waals surface area (Å²) in [5.74, 6) is 0. The second-order valence-corrected chi connectivity index (χ2v) is 3.94. The van der Waals surface area contributed by atoms with Crippen molar-refractivity contribution in [1.29, 1.82) is 0 Å². The van der Waals surface area contributed by atoms with Crippen molar-refractivity contribution in [2.75, 3.05) is 13.7 Å². The van der Waals surface area contributed by atoms with Crippen molar-refractivity contribution in [3.8, 4) is 0 Å². The van der Waals surface area contributed by atoms with Crippen LogP contribution in [0.1, 0.15) is 29.2 Å². The maximum absolute atomic E-state index is 5.97. The lowest BCUT2D eigenvalue weighted by Gasteiger charge is -2.12. The van der Waals surface area contributed by atoms with Crippen LogP contribution in [0.15, 0.2) is 18.2 Å². The molecule has 0 unspecified atom stereocenters. The zero-order chi connectivity index (χ0) is 9.97. The number of methoxy groups -OCH3 is 1. The van der Waals surface area contributed by atoms with Crippen LogP contribution in [0, 0.1) is 0 Å². The molecule has 0 saturated heterocycles. The number of hydrogen-bond donors (Lipinski definition) is 1. The predicted molar refractivity (Wildman–Crippen MR) is 57.3 cm³/mol. The summed E-state index contributed by atoms with van der Waals surface area (Å²) in [5, 5.41) is 0. The molecule has 0 saturated carbocycles. The fourth-order valence-electron chi connectivity index (χ4n) is 2.10. The zero-order valence-electron chi connectivity index (χ0n) is 8.62. The normalized spacial score (nSPS) is 16.7. The van der Waals surface area contributed by atoms with Gasteiger partial charge in [0.2, 0.25) is 0 Å². The molecule has 2 N–H and O–H groups in total. The van der Waals surface area contributed by atoms with Crippen LogP contribution < -0.4 is 5.73 Å². The lowest BCUT2D eigenvalue weighted by molar-refractivity contribution is 0.181. The van der Waals surface area contributed by atoms with E-state index in [9.17, 15) is 0 Å². The van der Waals surface area contributed by atoms with E-state index >= 15 is 0 Å². The number of ether oxygens (including phenoxy) is 1. The van der Waals surface area contributed by atoms with Gasteiger partial charge in [-0.3, -0.25) is 0 Å². The van der Waals surface area contributed by atoms with Crippen LogP contribution in [0.25, 0.3) is 0 Å². The topological polar surface area (TPSA) is 35.2 Å². The predicted octanol–water partition coefficient (Wildman–Crippen LogP) is 1.82. The first-order valence-electron chi connectivity index (χ1n) is 5.17. The third-order valence-corrected chi connectivity index (χ3v) is 2.90. The van der Waals surface area contributed by atoms with Gasteiger partial charge in [-0.15, -0.1) is 0 Å². The van der Waals surface area contributed by atoms with Crippen LogP contribution in [0.3, 0.4) is 0 Å². The SMILES string of the molecule is COC[C@H](N)c1ccc2c(c1)CCC2. The van der Waals surface area contributed by atoms with Gasteiger partial charge < -0.3 is 10.5 Å². The molecule has 2 rings (SSSR count). The van der Waals surface area contributed by atoms with Crippen molar-refractivity contribution in [1.82, 2.24) is 0 Å². The molecule has 0 radical (unpaired) electrons. The maximum Gasteiger partial charge on any atom is 0.0655 e. The summed E-state index contributed by atoms with van der Waals surface area (Å²) in [7, 11) is 1.69. The van der Waals surface area contributed by atoms with Crippen LogP contribution in [-0.2, 0) is 17.6 Å². The number of nitrogens with two attached hydrogens (primary N) is 1. The summed E-state index contributed by atoms with van der Waals surface area (Å²) in [5.41, 5.74) is 10.2. The highest BCUT2D eigenvalue weighted by molar-refractivity contribution is 5.36. The third-order valence-electron chi connectivity index (χ3n) is 2.90. The Balaban J connectivity index is 2.19. The van der Waals surface area contributed by atoms with Gasteiger partial charge in [0, 0.05) is 7.11 Å². The van der Waals surface area contributed by atoms with E-state index in [1.54, 1.807) is 7.11 Å². The van der Waals surface area contributed by atoms with Crippen LogP contribution in [-0.4, -0.2) is 13.7 Å². The van der Waals surface area contributed by atoms with Gasteiger partial charge >= 0.3 is 0 Å². The van der Waals surface area contributed by atoms with Crippen LogP contribution in [0.2, 0.25) is 0 Å². The van der Waals surface area contributed by atoms with Crippen LogP contribution in [0.5, 0.6) is 0 Å². The first kappa shape index (κ1) is 9.69. The molecule has 1 aromatic carbocycles. The third kappa shape index (κ3) is 1.81. The van der Waals surface area contributed by atoms with E-state index in [1.807, 2.05) is 0 Å². The molecule has 0 spiro atoms. The summed E-state index contributed by atoms with van der Waals surface area (Å²) in [6.07, 6.45) is 3.73. The molecule has 0 fully saturated rings. The molecular formula is C12H17NO. The molecule has 1 aliphatic carbocycles. The Morgan fingerprint density at radius 2 is 2.14 bits per heavy atom. The maximum atomic E-state index is 5.97. The van der Waals surface area contributed by atoms with Crippen LogP contribution >= 0.6 is 0 Å². The Labute approximate surface area is 85.1 Å². The summed E-state index contributed by atoms with van der Waals surface area (Å²) in [6.45, 7) is 0.596. The second-order valence-electron chi connectivity index (χ2n) is 3.94. The Kier molecular flexibility index (Phi) is 2.85. The summed E-state index contributed by atoms with van der Waals surface area (Å²) in [4.78, 5) is 0. The molecule has 0 aliphatic heterocycles. The summed E-state index contributed by atoms with van der Waals surface area (Å²) >= 11 is 0. The molecule has 14 heavy (non-hydrogen) atoms. The largest absolute Gasteiger partial charge is 0.383 e. The number of aryl methyl sites for hydroxylation is 2. The van der Waals surface area contributed by atoms with E-state index < -0.39 is 0 Å². The molecule has 1 aromatic rings. The lowest BCUT2D eigenvalue weighted by atomic mass is 10.0. The van der Waals surface area contributed by atoms with E-state index in [2.05, 4.69) is 18.2 Å². The van der Waals surface area contributed by atoms with Gasteiger partial charge in [0.25, 0.3) is 0 Å². The van der Waals surface area contributed by atoms with Gasteiger partial charge in [-0.1, -0.05) is 18.2 Å². The molecule has 2 nitrogen and oxygen atoms in total. The minimum atomic E-state index is 0.0194. The fraction of sp³-hybridized carbons (Fsp3) is 0.500. The highest BCUT2D eigenvalue weighted by Gasteiger charge is 2.13. The second kappa shape index (κ2) is 4.11. The molecule has 0 amide bonds. The number of fused-ring (bicyclic) bond motifs is 1. The Morgan fingerprint density at radius 3 is 2.93 bits per heavy atom. The Bertz CT molecular complexity index is 322. The van der Waals surface area contributed by atoms with E-state index in [0.29, 0.717) is 6.61 Å². The zero-order valence-corrected chi connectivity index (χ0v) is 8.62. The summed E-state index contributed by atoms with van der Waals surface area (Å²) in [6, 6.07) is 6.61. The van der Waals surface area contributed by atoms with Crippen molar-refractivity contribution in [3.05, 3.63) is 34.9 Å². The number of benzene rings is 1.